The lowest BCUT2D eigenvalue weighted by atomic mass is 10.4. The first kappa shape index (κ1) is 18.3. The van der Waals surface area contributed by atoms with E-state index in [1.807, 2.05) is 60.7 Å². The van der Waals surface area contributed by atoms with Gasteiger partial charge in [0.1, 0.15) is 0 Å². The van der Waals surface area contributed by atoms with Gasteiger partial charge in [-0.1, -0.05) is 60.7 Å². The zero-order valence-electron chi connectivity index (χ0n) is 8.74. The van der Waals surface area contributed by atoms with Crippen LogP contribution >= 0.6 is 43.3 Å². The average molecular weight is 293 g/mol. The van der Waals surface area contributed by atoms with Crippen molar-refractivity contribution < 1.29 is 0 Å². The van der Waals surface area contributed by atoms with Gasteiger partial charge in [0.2, 0.25) is 0 Å². The predicted molar refractivity (Wildman–Crippen MR) is 86.1 cm³/mol. The van der Waals surface area contributed by atoms with Gasteiger partial charge in [-0.25, -0.2) is 0 Å². The van der Waals surface area contributed by atoms with Crippen LogP contribution < -0.4 is 10.6 Å². The van der Waals surface area contributed by atoms with E-state index >= 15 is 0 Å². The van der Waals surface area contributed by atoms with Gasteiger partial charge in [0.05, 0.1) is 0 Å². The molecule has 0 bridgehead atoms. The fraction of sp³-hybridized carbons (Fsp3) is 0. The highest BCUT2D eigenvalue weighted by Gasteiger charge is 1.72. The molecule has 16 heavy (non-hydrogen) atoms. The van der Waals surface area contributed by atoms with Crippen LogP contribution in [0.4, 0.5) is 0 Å². The number of rotatable bonds is 0. The molecule has 0 saturated carbocycles. The van der Waals surface area contributed by atoms with Gasteiger partial charge < -0.3 is 0 Å². The Kier molecular flexibility index (Phi) is 13.0. The maximum atomic E-state index is 2.63. The zero-order chi connectivity index (χ0) is 10.2. The highest BCUT2D eigenvalue weighted by atomic mass is 35.5. The largest absolute Gasteiger partial charge is 0.147 e. The van der Waals surface area contributed by atoms with Crippen LogP contribution in [-0.4, -0.2) is 0 Å². The van der Waals surface area contributed by atoms with E-state index in [1.165, 1.54) is 10.6 Å². The molecule has 2 unspecified atom stereocenters. The van der Waals surface area contributed by atoms with Crippen molar-refractivity contribution in [3.63, 3.8) is 0 Å². The molecule has 0 nitrogen and oxygen atoms in total. The fourth-order valence-electron chi connectivity index (χ4n) is 0.906. The molecule has 2 atom stereocenters. The lowest BCUT2D eigenvalue weighted by Gasteiger charge is -1.82. The normalized spacial score (nSPS) is 7.62. The second-order valence-electron chi connectivity index (χ2n) is 2.82. The van der Waals surface area contributed by atoms with Crippen molar-refractivity contribution in [2.45, 2.75) is 0 Å². The highest BCUT2D eigenvalue weighted by molar-refractivity contribution is 7.27. The van der Waals surface area contributed by atoms with E-state index in [0.29, 0.717) is 0 Å². The molecular weight excluding hydrogens is 277 g/mol. The van der Waals surface area contributed by atoms with Crippen LogP contribution in [0.15, 0.2) is 60.7 Å². The van der Waals surface area contributed by atoms with E-state index in [-0.39, 0.29) is 24.8 Å². The Morgan fingerprint density at radius 3 is 0.875 bits per heavy atom. The molecule has 0 N–H and O–H groups in total. The molecule has 0 aliphatic carbocycles. The third-order valence-corrected chi connectivity index (χ3v) is 2.37. The second kappa shape index (κ2) is 11.4. The molecule has 0 fully saturated rings. The van der Waals surface area contributed by atoms with Crippen molar-refractivity contribution in [2.24, 2.45) is 0 Å². The summed E-state index contributed by atoms with van der Waals surface area (Å²) in [7, 11) is 5.26. The van der Waals surface area contributed by atoms with Gasteiger partial charge in [-0.05, 0) is 10.6 Å². The Labute approximate surface area is 114 Å². The molecule has 0 amide bonds. The van der Waals surface area contributed by atoms with Crippen molar-refractivity contribution in [3.8, 4) is 0 Å². The van der Waals surface area contributed by atoms with Gasteiger partial charge in [-0.15, -0.1) is 43.3 Å². The Hall–Kier alpha value is -0.120. The Morgan fingerprint density at radius 1 is 0.500 bits per heavy atom. The third kappa shape index (κ3) is 9.13. The molecule has 0 spiro atoms. The van der Waals surface area contributed by atoms with Gasteiger partial charge in [-0.3, -0.25) is 0 Å². The quantitative estimate of drug-likeness (QED) is 0.654. The van der Waals surface area contributed by atoms with Crippen molar-refractivity contribution in [1.29, 1.82) is 0 Å². The van der Waals surface area contributed by atoms with Crippen molar-refractivity contribution in [1.82, 2.24) is 0 Å². The second-order valence-corrected chi connectivity index (χ2v) is 4.15. The van der Waals surface area contributed by atoms with Crippen molar-refractivity contribution >= 4 is 53.9 Å². The minimum absolute atomic E-state index is 0. The maximum Gasteiger partial charge on any atom is -0.0303 e. The molecule has 88 valence electrons. The monoisotopic (exact) mass is 292 g/mol. The first-order valence-electron chi connectivity index (χ1n) is 4.40. The summed E-state index contributed by atoms with van der Waals surface area (Å²) in [6.07, 6.45) is 0. The summed E-state index contributed by atoms with van der Waals surface area (Å²) < 4.78 is 0. The number of hydrogen-bond acceptors (Lipinski definition) is 0. The molecule has 2 aromatic carbocycles. The van der Waals surface area contributed by atoms with Crippen LogP contribution in [-0.2, 0) is 0 Å². The van der Waals surface area contributed by atoms with Crippen LogP contribution in [0.25, 0.3) is 0 Å². The smallest absolute Gasteiger partial charge is 0.0303 e. The van der Waals surface area contributed by atoms with Crippen molar-refractivity contribution in [3.05, 3.63) is 60.7 Å². The summed E-state index contributed by atoms with van der Waals surface area (Å²) in [5, 5.41) is 2.48. The summed E-state index contributed by atoms with van der Waals surface area (Å²) in [5.41, 5.74) is 0. The molecule has 0 aliphatic heterocycles. The lowest BCUT2D eigenvalue weighted by molar-refractivity contribution is 1.78. The molecule has 4 heteroatoms. The minimum Gasteiger partial charge on any atom is -0.147 e. The van der Waals surface area contributed by atoms with Gasteiger partial charge in [-0.2, -0.15) is 0 Å². The zero-order valence-corrected chi connectivity index (χ0v) is 12.7. The summed E-state index contributed by atoms with van der Waals surface area (Å²) in [6, 6.07) is 20.3. The topological polar surface area (TPSA) is 0 Å². The Balaban J connectivity index is 0. The molecule has 0 radical (unpaired) electrons. The average Bonchev–Trinajstić information content (AvgIpc) is 2.21. The first-order chi connectivity index (χ1) is 6.79. The molecule has 2 rings (SSSR count). The SMILES string of the molecule is Cl.Cl.Pc1ccccc1.Pc1ccccc1. The highest BCUT2D eigenvalue weighted by Crippen LogP contribution is 1.86. The Bertz CT molecular complexity index is 314. The number of benzene rings is 2. The van der Waals surface area contributed by atoms with E-state index in [9.17, 15) is 0 Å². The van der Waals surface area contributed by atoms with E-state index in [2.05, 4.69) is 18.5 Å². The molecule has 0 heterocycles. The van der Waals surface area contributed by atoms with Crippen LogP contribution in [0.3, 0.4) is 0 Å². The van der Waals surface area contributed by atoms with Crippen molar-refractivity contribution in [2.75, 3.05) is 0 Å². The number of hydrogen-bond donors (Lipinski definition) is 0. The van der Waals surface area contributed by atoms with E-state index in [1.54, 1.807) is 0 Å². The molecule has 0 aliphatic rings. The van der Waals surface area contributed by atoms with Crippen LogP contribution in [0.2, 0.25) is 0 Å². The minimum atomic E-state index is 0. The van der Waals surface area contributed by atoms with Gasteiger partial charge in [0.25, 0.3) is 0 Å². The number of halogens is 2. The molecular formula is C12H16Cl2P2. The van der Waals surface area contributed by atoms with Crippen LogP contribution in [0, 0.1) is 0 Å². The van der Waals surface area contributed by atoms with Gasteiger partial charge in [0.15, 0.2) is 0 Å². The maximum absolute atomic E-state index is 2.63. The predicted octanol–water partition coefficient (Wildman–Crippen LogP) is 3.22. The van der Waals surface area contributed by atoms with Crippen LogP contribution in [0.5, 0.6) is 0 Å². The van der Waals surface area contributed by atoms with E-state index in [4.69, 9.17) is 0 Å². The van der Waals surface area contributed by atoms with Gasteiger partial charge >= 0.3 is 0 Å². The van der Waals surface area contributed by atoms with Gasteiger partial charge in [0, 0.05) is 0 Å². The van der Waals surface area contributed by atoms with E-state index in [0.717, 1.165) is 0 Å². The summed E-state index contributed by atoms with van der Waals surface area (Å²) in [4.78, 5) is 0. The van der Waals surface area contributed by atoms with Crippen LogP contribution in [0.1, 0.15) is 0 Å². The molecule has 2 aromatic rings. The standard InChI is InChI=1S/2C6H7P.2ClH/c2*7-6-4-2-1-3-5-6;;/h2*1-5H,7H2;2*1H. The summed E-state index contributed by atoms with van der Waals surface area (Å²) >= 11 is 0. The van der Waals surface area contributed by atoms with E-state index < -0.39 is 0 Å². The molecule has 0 saturated heterocycles. The summed E-state index contributed by atoms with van der Waals surface area (Å²) in [5.74, 6) is 0. The third-order valence-electron chi connectivity index (χ3n) is 1.60. The summed E-state index contributed by atoms with van der Waals surface area (Å²) in [6.45, 7) is 0. The lowest BCUT2D eigenvalue weighted by Crippen LogP contribution is -1.82. The first-order valence-corrected chi connectivity index (χ1v) is 5.55. The Morgan fingerprint density at radius 2 is 0.750 bits per heavy atom. The molecule has 0 aromatic heterocycles. The fourth-order valence-corrected chi connectivity index (χ4v) is 1.35.